The maximum Gasteiger partial charge on any atom is 0.491 e. The normalized spacial score (nSPS) is 19.3. The summed E-state index contributed by atoms with van der Waals surface area (Å²) in [5.41, 5.74) is 7.14. The van der Waals surface area contributed by atoms with Crippen LogP contribution in [0.3, 0.4) is 0 Å². The highest BCUT2D eigenvalue weighted by atomic mass is 32.2. The summed E-state index contributed by atoms with van der Waals surface area (Å²) in [5.74, 6) is -0.00659. The van der Waals surface area contributed by atoms with Gasteiger partial charge in [0.25, 0.3) is 0 Å². The number of thioether (sulfide) groups is 1. The number of hydrogen-bond acceptors (Lipinski definition) is 5. The SMILES string of the molecule is CC(=O)SCC(=Cc1cc(N)c(C)cc1F)B1OC(C)(C)C(C)(C)O1. The van der Waals surface area contributed by atoms with Gasteiger partial charge in [-0.3, -0.25) is 4.79 Å². The minimum atomic E-state index is -0.640. The maximum atomic E-state index is 14.3. The molecule has 1 aromatic carbocycles. The quantitative estimate of drug-likeness (QED) is 0.645. The molecule has 25 heavy (non-hydrogen) atoms. The van der Waals surface area contributed by atoms with Crippen molar-refractivity contribution in [2.45, 2.75) is 52.7 Å². The third-order valence-corrected chi connectivity index (χ3v) is 5.61. The van der Waals surface area contributed by atoms with Crippen molar-refractivity contribution in [2.75, 3.05) is 11.5 Å². The van der Waals surface area contributed by atoms with Crippen molar-refractivity contribution in [1.82, 2.24) is 0 Å². The fourth-order valence-electron chi connectivity index (χ4n) is 2.37. The van der Waals surface area contributed by atoms with E-state index < -0.39 is 18.3 Å². The molecule has 1 aliphatic rings. The fourth-order valence-corrected chi connectivity index (χ4v) is 2.96. The Morgan fingerprint density at radius 1 is 1.28 bits per heavy atom. The van der Waals surface area contributed by atoms with Crippen molar-refractivity contribution in [1.29, 1.82) is 0 Å². The van der Waals surface area contributed by atoms with Crippen molar-refractivity contribution in [3.8, 4) is 0 Å². The third-order valence-electron chi connectivity index (χ3n) is 4.72. The average Bonchev–Trinajstić information content (AvgIpc) is 2.68. The van der Waals surface area contributed by atoms with Crippen LogP contribution in [-0.4, -0.2) is 29.2 Å². The van der Waals surface area contributed by atoms with E-state index in [4.69, 9.17) is 15.0 Å². The van der Waals surface area contributed by atoms with Crippen LogP contribution in [0.25, 0.3) is 6.08 Å². The highest BCUT2D eigenvalue weighted by Gasteiger charge is 2.52. The Morgan fingerprint density at radius 2 is 1.84 bits per heavy atom. The van der Waals surface area contributed by atoms with Crippen LogP contribution in [-0.2, 0) is 14.1 Å². The van der Waals surface area contributed by atoms with Gasteiger partial charge in [0.1, 0.15) is 5.82 Å². The predicted octanol–water partition coefficient (Wildman–Crippen LogP) is 4.01. The fraction of sp³-hybridized carbons (Fsp3) is 0.500. The maximum absolute atomic E-state index is 14.3. The Kier molecular flexibility index (Phi) is 5.71. The Balaban J connectivity index is 2.40. The van der Waals surface area contributed by atoms with Gasteiger partial charge in [0.05, 0.1) is 11.2 Å². The van der Waals surface area contributed by atoms with Crippen LogP contribution in [0.15, 0.2) is 17.6 Å². The van der Waals surface area contributed by atoms with Gasteiger partial charge in [-0.15, -0.1) is 0 Å². The van der Waals surface area contributed by atoms with E-state index in [1.165, 1.54) is 13.0 Å². The van der Waals surface area contributed by atoms with Crippen LogP contribution in [0.1, 0.15) is 45.7 Å². The standard InChI is InChI=1S/C18H25BFNO3S/c1-11-7-15(20)13(9-16(11)21)8-14(10-25-12(2)22)19-23-17(3,4)18(5,6)24-19/h7-9H,10,21H2,1-6H3. The number of benzene rings is 1. The molecule has 2 rings (SSSR count). The molecular formula is C18H25BFNO3S. The van der Waals surface area contributed by atoms with E-state index in [-0.39, 0.29) is 10.9 Å². The van der Waals surface area contributed by atoms with E-state index >= 15 is 0 Å². The molecule has 7 heteroatoms. The Morgan fingerprint density at radius 3 is 2.36 bits per heavy atom. The lowest BCUT2D eigenvalue weighted by Crippen LogP contribution is -2.41. The van der Waals surface area contributed by atoms with E-state index in [9.17, 15) is 9.18 Å². The van der Waals surface area contributed by atoms with Gasteiger partial charge in [-0.25, -0.2) is 4.39 Å². The van der Waals surface area contributed by atoms with E-state index in [0.717, 1.165) is 11.8 Å². The van der Waals surface area contributed by atoms with Gasteiger partial charge in [-0.05, 0) is 57.8 Å². The summed E-state index contributed by atoms with van der Waals surface area (Å²) in [7, 11) is -0.640. The van der Waals surface area contributed by atoms with Gasteiger partial charge in [0.15, 0.2) is 5.12 Å². The molecule has 0 unspecified atom stereocenters. The summed E-state index contributed by atoms with van der Waals surface area (Å²) >= 11 is 1.14. The zero-order valence-electron chi connectivity index (χ0n) is 15.6. The molecule has 0 aromatic heterocycles. The van der Waals surface area contributed by atoms with Gasteiger partial charge in [0.2, 0.25) is 0 Å². The van der Waals surface area contributed by atoms with Crippen LogP contribution < -0.4 is 5.73 Å². The smallest absolute Gasteiger partial charge is 0.400 e. The number of nitrogen functional groups attached to an aromatic ring is 1. The molecule has 2 N–H and O–H groups in total. The van der Waals surface area contributed by atoms with E-state index in [1.54, 1.807) is 19.1 Å². The van der Waals surface area contributed by atoms with Gasteiger partial charge in [0, 0.05) is 23.9 Å². The number of hydrogen-bond donors (Lipinski definition) is 1. The molecule has 1 aliphatic heterocycles. The molecule has 0 aliphatic carbocycles. The first-order valence-electron chi connectivity index (χ1n) is 8.18. The number of carbonyl (C=O) groups is 1. The molecule has 1 heterocycles. The van der Waals surface area contributed by atoms with Gasteiger partial charge in [-0.2, -0.15) is 0 Å². The molecule has 1 aromatic rings. The predicted molar refractivity (Wildman–Crippen MR) is 103 cm³/mol. The van der Waals surface area contributed by atoms with Crippen LogP contribution in [0.2, 0.25) is 0 Å². The molecular weight excluding hydrogens is 340 g/mol. The summed E-state index contributed by atoms with van der Waals surface area (Å²) in [4.78, 5) is 11.4. The number of halogens is 1. The summed E-state index contributed by atoms with van der Waals surface area (Å²) in [6, 6.07) is 3.00. The second kappa shape index (κ2) is 7.13. The van der Waals surface area contributed by atoms with Crippen molar-refractivity contribution in [2.24, 2.45) is 0 Å². The van der Waals surface area contributed by atoms with Crippen LogP contribution >= 0.6 is 11.8 Å². The first-order chi connectivity index (χ1) is 11.4. The number of rotatable bonds is 4. The second-order valence-electron chi connectivity index (χ2n) is 7.32. The summed E-state index contributed by atoms with van der Waals surface area (Å²) in [6.07, 6.45) is 1.67. The summed E-state index contributed by atoms with van der Waals surface area (Å²) in [5, 5.41) is -0.0219. The van der Waals surface area contributed by atoms with Gasteiger partial charge < -0.3 is 15.0 Å². The first-order valence-corrected chi connectivity index (χ1v) is 9.16. The number of aryl methyl sites for hydroxylation is 1. The number of carbonyl (C=O) groups excluding carboxylic acids is 1. The zero-order valence-corrected chi connectivity index (χ0v) is 16.4. The number of nitrogens with two attached hydrogens (primary N) is 1. The molecule has 0 atom stereocenters. The van der Waals surface area contributed by atoms with Gasteiger partial charge >= 0.3 is 7.12 Å². The molecule has 1 saturated heterocycles. The lowest BCUT2D eigenvalue weighted by Gasteiger charge is -2.32. The second-order valence-corrected chi connectivity index (χ2v) is 8.47. The lowest BCUT2D eigenvalue weighted by molar-refractivity contribution is -0.109. The number of anilines is 1. The van der Waals surface area contributed by atoms with Crippen molar-refractivity contribution in [3.63, 3.8) is 0 Å². The Hall–Kier alpha value is -1.31. The van der Waals surface area contributed by atoms with Crippen molar-refractivity contribution >= 4 is 35.8 Å². The molecule has 0 amide bonds. The largest absolute Gasteiger partial charge is 0.491 e. The van der Waals surface area contributed by atoms with Crippen molar-refractivity contribution in [3.05, 3.63) is 34.5 Å². The monoisotopic (exact) mass is 365 g/mol. The van der Waals surface area contributed by atoms with E-state index in [0.29, 0.717) is 28.0 Å². The van der Waals surface area contributed by atoms with E-state index in [2.05, 4.69) is 0 Å². The molecule has 4 nitrogen and oxygen atoms in total. The molecule has 0 bridgehead atoms. The third kappa shape index (κ3) is 4.46. The Bertz CT molecular complexity index is 703. The molecule has 0 radical (unpaired) electrons. The zero-order chi connectivity index (χ0) is 19.0. The van der Waals surface area contributed by atoms with Crippen molar-refractivity contribution < 1.29 is 18.5 Å². The molecule has 136 valence electrons. The minimum absolute atomic E-state index is 0.0219. The van der Waals surface area contributed by atoms with Crippen LogP contribution in [0, 0.1) is 12.7 Å². The molecule has 0 spiro atoms. The minimum Gasteiger partial charge on any atom is -0.400 e. The Labute approximate surface area is 153 Å². The topological polar surface area (TPSA) is 61.6 Å². The van der Waals surface area contributed by atoms with Gasteiger partial charge in [-0.1, -0.05) is 17.8 Å². The van der Waals surface area contributed by atoms with Crippen LogP contribution in [0.5, 0.6) is 0 Å². The molecule has 0 saturated carbocycles. The lowest BCUT2D eigenvalue weighted by atomic mass is 9.78. The highest BCUT2D eigenvalue weighted by Crippen LogP contribution is 2.39. The highest BCUT2D eigenvalue weighted by molar-refractivity contribution is 8.13. The average molecular weight is 365 g/mol. The van der Waals surface area contributed by atoms with E-state index in [1.807, 2.05) is 27.7 Å². The molecule has 1 fully saturated rings. The van der Waals surface area contributed by atoms with Crippen LogP contribution in [0.4, 0.5) is 10.1 Å². The summed E-state index contributed by atoms with van der Waals surface area (Å²) in [6.45, 7) is 11.1. The first kappa shape index (κ1) is 20.0. The summed E-state index contributed by atoms with van der Waals surface area (Å²) < 4.78 is 26.4.